The molecule has 0 radical (unpaired) electrons. The number of pyridine rings is 2. The summed E-state index contributed by atoms with van der Waals surface area (Å²) >= 11 is 6.31. The van der Waals surface area contributed by atoms with Gasteiger partial charge in [0.05, 0.1) is 6.61 Å². The molecule has 2 aromatic rings. The first-order valence-corrected chi connectivity index (χ1v) is 8.05. The molecule has 118 valence electrons. The third-order valence-corrected chi connectivity index (χ3v) is 3.69. The molecule has 0 amide bonds. The number of hydrogen-bond acceptors (Lipinski definition) is 3. The highest BCUT2D eigenvalue weighted by Crippen LogP contribution is 2.28. The van der Waals surface area contributed by atoms with Crippen LogP contribution in [0.25, 0.3) is 11.1 Å². The van der Waals surface area contributed by atoms with Crippen molar-refractivity contribution in [2.24, 2.45) is 11.8 Å². The van der Waals surface area contributed by atoms with E-state index in [2.05, 4.69) is 30.7 Å². The van der Waals surface area contributed by atoms with E-state index in [0.717, 1.165) is 23.2 Å². The van der Waals surface area contributed by atoms with E-state index in [-0.39, 0.29) is 0 Å². The van der Waals surface area contributed by atoms with Gasteiger partial charge in [0.15, 0.2) is 0 Å². The molecule has 2 heterocycles. The van der Waals surface area contributed by atoms with E-state index in [9.17, 15) is 0 Å². The van der Waals surface area contributed by atoms with Crippen molar-refractivity contribution in [1.29, 1.82) is 0 Å². The minimum atomic E-state index is 0.486. The van der Waals surface area contributed by atoms with Crippen LogP contribution in [-0.4, -0.2) is 16.6 Å². The van der Waals surface area contributed by atoms with Crippen molar-refractivity contribution in [1.82, 2.24) is 9.97 Å². The summed E-state index contributed by atoms with van der Waals surface area (Å²) in [6.07, 6.45) is 4.71. The lowest BCUT2D eigenvalue weighted by atomic mass is 10.00. The molecule has 1 atom stereocenters. The lowest BCUT2D eigenvalue weighted by Crippen LogP contribution is -2.11. The molecule has 0 saturated heterocycles. The van der Waals surface area contributed by atoms with E-state index in [1.807, 2.05) is 25.1 Å². The topological polar surface area (TPSA) is 35.0 Å². The van der Waals surface area contributed by atoms with Crippen LogP contribution >= 0.6 is 11.6 Å². The van der Waals surface area contributed by atoms with Gasteiger partial charge in [0, 0.05) is 23.7 Å². The third kappa shape index (κ3) is 4.70. The van der Waals surface area contributed by atoms with Crippen LogP contribution in [0, 0.1) is 18.8 Å². The Bertz CT molecular complexity index is 628. The van der Waals surface area contributed by atoms with Gasteiger partial charge in [0.2, 0.25) is 5.88 Å². The van der Waals surface area contributed by atoms with E-state index in [4.69, 9.17) is 16.3 Å². The highest BCUT2D eigenvalue weighted by Gasteiger charge is 2.10. The third-order valence-electron chi connectivity index (χ3n) is 3.42. The van der Waals surface area contributed by atoms with Gasteiger partial charge in [-0.2, -0.15) is 0 Å². The minimum Gasteiger partial charge on any atom is -0.476 e. The highest BCUT2D eigenvalue weighted by molar-refractivity contribution is 6.32. The molecule has 0 aliphatic carbocycles. The molecule has 4 heteroatoms. The van der Waals surface area contributed by atoms with Crippen molar-refractivity contribution in [2.45, 2.75) is 34.1 Å². The molecule has 0 fully saturated rings. The van der Waals surface area contributed by atoms with Crippen molar-refractivity contribution in [3.05, 3.63) is 41.3 Å². The first-order valence-electron chi connectivity index (χ1n) is 7.67. The number of rotatable bonds is 6. The average Bonchev–Trinajstić information content (AvgIpc) is 2.45. The van der Waals surface area contributed by atoms with E-state index < -0.39 is 0 Å². The standard InChI is InChI=1S/C18H23ClN2O/c1-12(2)7-13(3)11-22-18-17(19)9-16(10-21-18)15-5-6-20-14(4)8-15/h5-6,8-10,12-13H,7,11H2,1-4H3/t13-/m0/s1. The molecule has 0 unspecified atom stereocenters. The number of nitrogens with zero attached hydrogens (tertiary/aromatic N) is 2. The summed E-state index contributed by atoms with van der Waals surface area (Å²) in [5.41, 5.74) is 3.00. The van der Waals surface area contributed by atoms with E-state index in [1.54, 1.807) is 12.4 Å². The second kappa shape index (κ2) is 7.59. The number of aromatic nitrogens is 2. The van der Waals surface area contributed by atoms with Gasteiger partial charge in [-0.05, 0) is 48.9 Å². The normalized spacial score (nSPS) is 12.5. The lowest BCUT2D eigenvalue weighted by molar-refractivity contribution is 0.231. The van der Waals surface area contributed by atoms with E-state index in [1.165, 1.54) is 0 Å². The van der Waals surface area contributed by atoms with Crippen molar-refractivity contribution in [3.63, 3.8) is 0 Å². The Morgan fingerprint density at radius 1 is 1.14 bits per heavy atom. The maximum atomic E-state index is 6.31. The second-order valence-corrected chi connectivity index (χ2v) is 6.65. The molecule has 0 N–H and O–H groups in total. The molecule has 0 saturated carbocycles. The van der Waals surface area contributed by atoms with Gasteiger partial charge in [-0.3, -0.25) is 4.98 Å². The minimum absolute atomic E-state index is 0.486. The molecule has 0 spiro atoms. The molecule has 22 heavy (non-hydrogen) atoms. The van der Waals surface area contributed by atoms with Gasteiger partial charge in [-0.25, -0.2) is 4.98 Å². The fourth-order valence-electron chi connectivity index (χ4n) is 2.51. The summed E-state index contributed by atoms with van der Waals surface area (Å²) in [6, 6.07) is 5.86. The predicted octanol–water partition coefficient (Wildman–Crippen LogP) is 5.17. The maximum Gasteiger partial charge on any atom is 0.232 e. The molecule has 3 nitrogen and oxygen atoms in total. The van der Waals surface area contributed by atoms with Crippen LogP contribution in [0.5, 0.6) is 5.88 Å². The smallest absolute Gasteiger partial charge is 0.232 e. The predicted molar refractivity (Wildman–Crippen MR) is 91.3 cm³/mol. The van der Waals surface area contributed by atoms with Crippen molar-refractivity contribution in [2.75, 3.05) is 6.61 Å². The molecule has 0 aliphatic heterocycles. The Balaban J connectivity index is 2.07. The second-order valence-electron chi connectivity index (χ2n) is 6.24. The molecule has 2 rings (SSSR count). The zero-order valence-corrected chi connectivity index (χ0v) is 14.4. The first-order chi connectivity index (χ1) is 10.5. The van der Waals surface area contributed by atoms with Crippen LogP contribution in [0.1, 0.15) is 32.9 Å². The summed E-state index contributed by atoms with van der Waals surface area (Å²) < 4.78 is 5.76. The van der Waals surface area contributed by atoms with Gasteiger partial charge < -0.3 is 4.74 Å². The summed E-state index contributed by atoms with van der Waals surface area (Å²) in [6.45, 7) is 9.22. The van der Waals surface area contributed by atoms with Crippen molar-refractivity contribution in [3.8, 4) is 17.0 Å². The van der Waals surface area contributed by atoms with Gasteiger partial charge in [0.25, 0.3) is 0 Å². The van der Waals surface area contributed by atoms with Gasteiger partial charge in [-0.15, -0.1) is 0 Å². The van der Waals surface area contributed by atoms with Crippen LogP contribution in [0.15, 0.2) is 30.6 Å². The van der Waals surface area contributed by atoms with E-state index in [0.29, 0.717) is 29.3 Å². The highest BCUT2D eigenvalue weighted by atomic mass is 35.5. The van der Waals surface area contributed by atoms with Gasteiger partial charge in [0.1, 0.15) is 5.02 Å². The molecule has 0 aromatic carbocycles. The zero-order chi connectivity index (χ0) is 16.1. The van der Waals surface area contributed by atoms with Crippen molar-refractivity contribution >= 4 is 11.6 Å². The van der Waals surface area contributed by atoms with Crippen LogP contribution < -0.4 is 4.74 Å². The number of ether oxygens (including phenoxy) is 1. The quantitative estimate of drug-likeness (QED) is 0.737. The zero-order valence-electron chi connectivity index (χ0n) is 13.6. The number of halogens is 1. The molecule has 2 aromatic heterocycles. The Morgan fingerprint density at radius 2 is 1.91 bits per heavy atom. The Kier molecular flexibility index (Phi) is 5.78. The van der Waals surface area contributed by atoms with Crippen LogP contribution in [0.2, 0.25) is 5.02 Å². The summed E-state index contributed by atoms with van der Waals surface area (Å²) in [4.78, 5) is 8.56. The summed E-state index contributed by atoms with van der Waals surface area (Å²) in [5.74, 6) is 1.66. The SMILES string of the molecule is Cc1cc(-c2cnc(OC[C@@H](C)CC(C)C)c(Cl)c2)ccn1. The van der Waals surface area contributed by atoms with Crippen molar-refractivity contribution < 1.29 is 4.74 Å². The Morgan fingerprint density at radius 3 is 2.55 bits per heavy atom. The molecular weight excluding hydrogens is 296 g/mol. The van der Waals surface area contributed by atoms with Crippen LogP contribution in [0.3, 0.4) is 0 Å². The maximum absolute atomic E-state index is 6.31. The molecule has 0 aliphatic rings. The molecular formula is C18H23ClN2O. The Hall–Kier alpha value is -1.61. The first kappa shape index (κ1) is 16.8. The monoisotopic (exact) mass is 318 g/mol. The van der Waals surface area contributed by atoms with Crippen LogP contribution in [0.4, 0.5) is 0 Å². The summed E-state index contributed by atoms with van der Waals surface area (Å²) in [7, 11) is 0. The van der Waals surface area contributed by atoms with Gasteiger partial charge in [-0.1, -0.05) is 32.4 Å². The van der Waals surface area contributed by atoms with Gasteiger partial charge >= 0.3 is 0 Å². The summed E-state index contributed by atoms with van der Waals surface area (Å²) in [5, 5.41) is 0.545. The van der Waals surface area contributed by atoms with E-state index >= 15 is 0 Å². The lowest BCUT2D eigenvalue weighted by Gasteiger charge is -2.15. The number of hydrogen-bond donors (Lipinski definition) is 0. The Labute approximate surface area is 137 Å². The fraction of sp³-hybridized carbons (Fsp3) is 0.444. The largest absolute Gasteiger partial charge is 0.476 e. The number of aryl methyl sites for hydroxylation is 1. The fourth-order valence-corrected chi connectivity index (χ4v) is 2.73. The average molecular weight is 319 g/mol. The van der Waals surface area contributed by atoms with Crippen LogP contribution in [-0.2, 0) is 0 Å². The molecule has 0 bridgehead atoms.